The van der Waals surface area contributed by atoms with Gasteiger partial charge in [0.05, 0.1) is 12.2 Å². The molecule has 0 aliphatic carbocycles. The molecule has 1 aliphatic heterocycles. The largest absolute Gasteiger partial charge is 0.456 e. The lowest BCUT2D eigenvalue weighted by molar-refractivity contribution is -0.311. The molecule has 2 aromatic rings. The molecule has 3 rings (SSSR count). The van der Waals surface area contributed by atoms with Gasteiger partial charge in [0.1, 0.15) is 0 Å². The summed E-state index contributed by atoms with van der Waals surface area (Å²) < 4.78 is 28.8. The van der Waals surface area contributed by atoms with Gasteiger partial charge in [-0.1, -0.05) is 60.7 Å². The second kappa shape index (κ2) is 11.8. The highest BCUT2D eigenvalue weighted by atomic mass is 16.7. The maximum absolute atomic E-state index is 12.0. The zero-order valence-corrected chi connectivity index (χ0v) is 19.7. The van der Waals surface area contributed by atoms with Crippen molar-refractivity contribution in [3.63, 3.8) is 0 Å². The van der Waals surface area contributed by atoms with Crippen LogP contribution in [0.3, 0.4) is 0 Å². The van der Waals surface area contributed by atoms with Crippen LogP contribution in [0, 0.1) is 0 Å². The normalized spacial score (nSPS) is 25.1. The van der Waals surface area contributed by atoms with E-state index in [1.165, 1.54) is 20.8 Å². The quantitative estimate of drug-likeness (QED) is 0.427. The van der Waals surface area contributed by atoms with Crippen LogP contribution in [-0.2, 0) is 44.5 Å². The van der Waals surface area contributed by atoms with Crippen molar-refractivity contribution in [1.29, 1.82) is 0 Å². The van der Waals surface area contributed by atoms with Crippen LogP contribution in [-0.4, -0.2) is 48.6 Å². The average molecular weight is 471 g/mol. The Balaban J connectivity index is 1.94. The van der Waals surface area contributed by atoms with Crippen molar-refractivity contribution in [1.82, 2.24) is 0 Å². The number of carbonyl (C=O) groups excluding carboxylic acids is 3. The predicted octanol–water partition coefficient (Wildman–Crippen LogP) is 3.53. The fourth-order valence-electron chi connectivity index (χ4n) is 3.98. The number of carbonyl (C=O) groups is 3. The molecule has 0 N–H and O–H groups in total. The van der Waals surface area contributed by atoms with Gasteiger partial charge in [-0.2, -0.15) is 0 Å². The summed E-state index contributed by atoms with van der Waals surface area (Å²) in [7, 11) is 0. The van der Waals surface area contributed by atoms with Crippen LogP contribution in [0.25, 0.3) is 0 Å². The summed E-state index contributed by atoms with van der Waals surface area (Å²) in [5.41, 5.74) is 1.94. The molecule has 0 bridgehead atoms. The molecule has 34 heavy (non-hydrogen) atoms. The molecule has 1 heterocycles. The number of benzene rings is 2. The van der Waals surface area contributed by atoms with Gasteiger partial charge >= 0.3 is 17.9 Å². The number of hydrogen-bond donors (Lipinski definition) is 0. The molecule has 0 spiro atoms. The molecule has 8 nitrogen and oxygen atoms in total. The Morgan fingerprint density at radius 3 is 1.82 bits per heavy atom. The summed E-state index contributed by atoms with van der Waals surface area (Å²) >= 11 is 0. The molecule has 6 atom stereocenters. The number of hydrogen-bond acceptors (Lipinski definition) is 8. The molecule has 8 heteroatoms. The third-order valence-corrected chi connectivity index (χ3v) is 5.37. The number of ether oxygens (including phenoxy) is 5. The Hall–Kier alpha value is -3.23. The minimum Gasteiger partial charge on any atom is -0.456 e. The van der Waals surface area contributed by atoms with E-state index in [1.807, 2.05) is 60.7 Å². The Morgan fingerprint density at radius 1 is 0.765 bits per heavy atom. The number of esters is 3. The summed E-state index contributed by atoms with van der Waals surface area (Å²) in [5, 5.41) is 0. The smallest absolute Gasteiger partial charge is 0.303 e. The maximum atomic E-state index is 12.0. The molecule has 0 aromatic heterocycles. The number of rotatable bonds is 8. The standard InChI is InChI=1S/C26H30O8/c1-16-23(31-17(2)27)24(32-18(3)28)25(33-19(4)29)26(30-16)34-22(21-13-9-6-10-14-21)15-20-11-7-5-8-12-20/h5-14,16,22-26H,15H2,1-4H3/t16-,22?,23+,24+,25-,26+/m1/s1. The predicted molar refractivity (Wildman–Crippen MR) is 121 cm³/mol. The highest BCUT2D eigenvalue weighted by molar-refractivity contribution is 5.68. The molecule has 1 fully saturated rings. The zero-order valence-electron chi connectivity index (χ0n) is 19.7. The van der Waals surface area contributed by atoms with Crippen LogP contribution in [0.2, 0.25) is 0 Å². The molecule has 0 saturated carbocycles. The second-order valence-electron chi connectivity index (χ2n) is 8.16. The Labute approximate surface area is 199 Å². The summed E-state index contributed by atoms with van der Waals surface area (Å²) in [6.45, 7) is 5.39. The van der Waals surface area contributed by atoms with E-state index in [2.05, 4.69) is 0 Å². The van der Waals surface area contributed by atoms with Crippen LogP contribution >= 0.6 is 0 Å². The van der Waals surface area contributed by atoms with Crippen molar-refractivity contribution >= 4 is 17.9 Å². The van der Waals surface area contributed by atoms with Gasteiger partial charge in [0.15, 0.2) is 24.6 Å². The van der Waals surface area contributed by atoms with E-state index in [0.717, 1.165) is 11.1 Å². The average Bonchev–Trinajstić information content (AvgIpc) is 2.79. The zero-order chi connectivity index (χ0) is 24.7. The van der Waals surface area contributed by atoms with Gasteiger partial charge in [-0.25, -0.2) is 0 Å². The summed E-state index contributed by atoms with van der Waals surface area (Å²) in [4.78, 5) is 35.6. The molecule has 1 aliphatic rings. The van der Waals surface area contributed by atoms with Gasteiger partial charge in [-0.3, -0.25) is 14.4 Å². The first-order valence-electron chi connectivity index (χ1n) is 11.2. The molecule has 0 amide bonds. The van der Waals surface area contributed by atoms with E-state index in [1.54, 1.807) is 6.92 Å². The van der Waals surface area contributed by atoms with Crippen molar-refractivity contribution in [2.75, 3.05) is 0 Å². The fraction of sp³-hybridized carbons (Fsp3) is 0.423. The molecule has 182 valence electrons. The first kappa shape index (κ1) is 25.4. The van der Waals surface area contributed by atoms with E-state index in [9.17, 15) is 14.4 Å². The van der Waals surface area contributed by atoms with E-state index >= 15 is 0 Å². The SMILES string of the molecule is CC(=O)O[C@H]1[C@@H](OC(C)=O)[C@@H](C)O[C@@H](OC(Cc2ccccc2)c2ccccc2)[C@@H]1OC(C)=O. The molecular weight excluding hydrogens is 440 g/mol. The molecule has 1 saturated heterocycles. The minimum absolute atomic E-state index is 0.456. The van der Waals surface area contributed by atoms with E-state index in [0.29, 0.717) is 6.42 Å². The van der Waals surface area contributed by atoms with E-state index in [-0.39, 0.29) is 0 Å². The Bertz CT molecular complexity index is 961. The van der Waals surface area contributed by atoms with Gasteiger partial charge < -0.3 is 23.7 Å². The van der Waals surface area contributed by atoms with Crippen molar-refractivity contribution in [3.05, 3.63) is 71.8 Å². The van der Waals surface area contributed by atoms with Crippen LogP contribution in [0.1, 0.15) is 44.9 Å². The molecular formula is C26H30O8. The second-order valence-corrected chi connectivity index (χ2v) is 8.16. The van der Waals surface area contributed by atoms with Crippen LogP contribution < -0.4 is 0 Å². The van der Waals surface area contributed by atoms with E-state index in [4.69, 9.17) is 23.7 Å². The third kappa shape index (κ3) is 6.88. The lowest BCUT2D eigenvalue weighted by atomic mass is 9.97. The first-order valence-corrected chi connectivity index (χ1v) is 11.2. The van der Waals surface area contributed by atoms with Crippen LogP contribution in [0.15, 0.2) is 60.7 Å². The van der Waals surface area contributed by atoms with Crippen molar-refractivity contribution < 1.29 is 38.1 Å². The fourth-order valence-corrected chi connectivity index (χ4v) is 3.98. The molecule has 2 aromatic carbocycles. The van der Waals surface area contributed by atoms with Crippen molar-refractivity contribution in [2.45, 2.75) is 70.9 Å². The highest BCUT2D eigenvalue weighted by Gasteiger charge is 2.51. The minimum atomic E-state index is -1.15. The van der Waals surface area contributed by atoms with Gasteiger partial charge in [-0.05, 0) is 18.1 Å². The van der Waals surface area contributed by atoms with E-state index < -0.39 is 54.7 Å². The topological polar surface area (TPSA) is 97.4 Å². The molecule has 0 radical (unpaired) electrons. The maximum Gasteiger partial charge on any atom is 0.303 e. The lowest BCUT2D eigenvalue weighted by Gasteiger charge is -2.44. The first-order chi connectivity index (χ1) is 16.2. The Kier molecular flexibility index (Phi) is 8.79. The summed E-state index contributed by atoms with van der Waals surface area (Å²) in [6.07, 6.45) is -4.94. The summed E-state index contributed by atoms with van der Waals surface area (Å²) in [6, 6.07) is 19.4. The monoisotopic (exact) mass is 470 g/mol. The molecule has 1 unspecified atom stereocenters. The summed E-state index contributed by atoms with van der Waals surface area (Å²) in [5.74, 6) is -1.81. The van der Waals surface area contributed by atoms with Gasteiger partial charge in [0.2, 0.25) is 0 Å². The van der Waals surface area contributed by atoms with Gasteiger partial charge in [0, 0.05) is 27.2 Å². The van der Waals surface area contributed by atoms with Gasteiger partial charge in [-0.15, -0.1) is 0 Å². The lowest BCUT2D eigenvalue weighted by Crippen LogP contribution is -2.61. The van der Waals surface area contributed by atoms with Crippen LogP contribution in [0.4, 0.5) is 0 Å². The van der Waals surface area contributed by atoms with Crippen molar-refractivity contribution in [2.24, 2.45) is 0 Å². The van der Waals surface area contributed by atoms with Crippen LogP contribution in [0.5, 0.6) is 0 Å². The Morgan fingerprint density at radius 2 is 1.26 bits per heavy atom. The third-order valence-electron chi connectivity index (χ3n) is 5.37. The highest BCUT2D eigenvalue weighted by Crippen LogP contribution is 2.33. The van der Waals surface area contributed by atoms with Crippen molar-refractivity contribution in [3.8, 4) is 0 Å². The van der Waals surface area contributed by atoms with Gasteiger partial charge in [0.25, 0.3) is 0 Å².